The Labute approximate surface area is 137 Å². The monoisotopic (exact) mass is 449 g/mol. The molecular formula is C14H10BrFINO2. The summed E-state index contributed by atoms with van der Waals surface area (Å²) in [6, 6.07) is 11.8. The lowest BCUT2D eigenvalue weighted by molar-refractivity contribution is -0.118. The number of para-hydroxylation sites is 1. The average Bonchev–Trinajstić information content (AvgIpc) is 2.41. The molecule has 0 aliphatic carbocycles. The Hall–Kier alpha value is -1.15. The predicted octanol–water partition coefficient (Wildman–Crippen LogP) is 4.21. The van der Waals surface area contributed by atoms with Gasteiger partial charge in [-0.05, 0) is 52.9 Å². The first-order valence-corrected chi connectivity index (χ1v) is 7.55. The molecule has 3 nitrogen and oxygen atoms in total. The Balaban J connectivity index is 1.94. The van der Waals surface area contributed by atoms with Gasteiger partial charge in [0.05, 0.1) is 9.26 Å². The van der Waals surface area contributed by atoms with Crippen LogP contribution < -0.4 is 10.1 Å². The highest BCUT2D eigenvalue weighted by molar-refractivity contribution is 14.1. The van der Waals surface area contributed by atoms with Gasteiger partial charge in [-0.25, -0.2) is 4.39 Å². The Morgan fingerprint density at radius 3 is 2.75 bits per heavy atom. The minimum atomic E-state index is -0.498. The first-order valence-electron chi connectivity index (χ1n) is 5.68. The molecule has 0 aliphatic heterocycles. The molecule has 104 valence electrons. The van der Waals surface area contributed by atoms with Crippen molar-refractivity contribution in [3.63, 3.8) is 0 Å². The zero-order valence-corrected chi connectivity index (χ0v) is 13.9. The van der Waals surface area contributed by atoms with Gasteiger partial charge in [-0.15, -0.1) is 0 Å². The first kappa shape index (κ1) is 15.2. The van der Waals surface area contributed by atoms with Crippen molar-refractivity contribution in [3.05, 3.63) is 56.3 Å². The van der Waals surface area contributed by atoms with E-state index in [0.717, 1.165) is 3.57 Å². The highest BCUT2D eigenvalue weighted by atomic mass is 127. The lowest BCUT2D eigenvalue weighted by Gasteiger charge is -2.09. The number of amides is 1. The third-order valence-corrected chi connectivity index (χ3v) is 3.79. The quantitative estimate of drug-likeness (QED) is 0.710. The van der Waals surface area contributed by atoms with E-state index in [2.05, 4.69) is 43.8 Å². The van der Waals surface area contributed by atoms with Crippen LogP contribution in [0.15, 0.2) is 46.9 Å². The summed E-state index contributed by atoms with van der Waals surface area (Å²) in [7, 11) is 0. The van der Waals surface area contributed by atoms with Crippen molar-refractivity contribution in [2.24, 2.45) is 0 Å². The minimum Gasteiger partial charge on any atom is -0.483 e. The number of ether oxygens (including phenoxy) is 1. The number of halogens is 3. The van der Waals surface area contributed by atoms with E-state index in [4.69, 9.17) is 4.74 Å². The maximum atomic E-state index is 13.6. The smallest absolute Gasteiger partial charge is 0.262 e. The number of hydrogen-bond donors (Lipinski definition) is 1. The fraction of sp³-hybridized carbons (Fsp3) is 0.0714. The van der Waals surface area contributed by atoms with Crippen molar-refractivity contribution >= 4 is 50.1 Å². The van der Waals surface area contributed by atoms with Crippen LogP contribution >= 0.6 is 38.5 Å². The standard InChI is InChI=1S/C14H10BrFINO2/c15-9-5-6-12(10(16)7-9)18-14(19)8-20-13-4-2-1-3-11(13)17/h1-7H,8H2,(H,18,19). The normalized spacial score (nSPS) is 10.2. The van der Waals surface area contributed by atoms with Gasteiger partial charge in [0.2, 0.25) is 0 Å². The van der Waals surface area contributed by atoms with Crippen molar-refractivity contribution < 1.29 is 13.9 Å². The molecule has 1 N–H and O–H groups in total. The zero-order chi connectivity index (χ0) is 14.5. The van der Waals surface area contributed by atoms with E-state index in [9.17, 15) is 9.18 Å². The van der Waals surface area contributed by atoms with Crippen molar-refractivity contribution in [2.75, 3.05) is 11.9 Å². The lowest BCUT2D eigenvalue weighted by atomic mass is 10.3. The van der Waals surface area contributed by atoms with E-state index in [1.165, 1.54) is 12.1 Å². The van der Waals surface area contributed by atoms with E-state index in [-0.39, 0.29) is 12.3 Å². The molecule has 0 saturated heterocycles. The molecule has 1 amide bonds. The molecule has 0 bridgehead atoms. The summed E-state index contributed by atoms with van der Waals surface area (Å²) >= 11 is 5.27. The van der Waals surface area contributed by atoms with Gasteiger partial charge in [-0.1, -0.05) is 28.1 Å². The molecule has 20 heavy (non-hydrogen) atoms. The molecule has 0 spiro atoms. The van der Waals surface area contributed by atoms with Gasteiger partial charge in [-0.3, -0.25) is 4.79 Å². The molecule has 0 heterocycles. The highest BCUT2D eigenvalue weighted by Crippen LogP contribution is 2.21. The second-order valence-electron chi connectivity index (χ2n) is 3.89. The summed E-state index contributed by atoms with van der Waals surface area (Å²) in [5.41, 5.74) is 0.129. The van der Waals surface area contributed by atoms with Gasteiger partial charge < -0.3 is 10.1 Å². The van der Waals surface area contributed by atoms with E-state index in [0.29, 0.717) is 10.2 Å². The van der Waals surface area contributed by atoms with E-state index < -0.39 is 11.7 Å². The van der Waals surface area contributed by atoms with Gasteiger partial charge in [0.1, 0.15) is 11.6 Å². The van der Waals surface area contributed by atoms with Crippen LogP contribution in [-0.4, -0.2) is 12.5 Å². The number of hydrogen-bond acceptors (Lipinski definition) is 2. The third kappa shape index (κ3) is 4.17. The second-order valence-corrected chi connectivity index (χ2v) is 5.97. The number of carbonyl (C=O) groups is 1. The Kier molecular flexibility index (Phi) is 5.36. The van der Waals surface area contributed by atoms with Crippen molar-refractivity contribution in [2.45, 2.75) is 0 Å². The molecule has 0 atom stereocenters. The van der Waals surface area contributed by atoms with Gasteiger partial charge in [0.25, 0.3) is 5.91 Å². The molecule has 2 rings (SSSR count). The van der Waals surface area contributed by atoms with Crippen molar-refractivity contribution in [3.8, 4) is 5.75 Å². The van der Waals surface area contributed by atoms with E-state index in [1.54, 1.807) is 12.1 Å². The largest absolute Gasteiger partial charge is 0.483 e. The highest BCUT2D eigenvalue weighted by Gasteiger charge is 2.09. The molecule has 0 aromatic heterocycles. The number of nitrogens with one attached hydrogen (secondary N) is 1. The van der Waals surface area contributed by atoms with Gasteiger partial charge in [-0.2, -0.15) is 0 Å². The molecule has 0 unspecified atom stereocenters. The van der Waals surface area contributed by atoms with Gasteiger partial charge >= 0.3 is 0 Å². The lowest BCUT2D eigenvalue weighted by Crippen LogP contribution is -2.21. The number of carbonyl (C=O) groups excluding carboxylic acids is 1. The maximum absolute atomic E-state index is 13.6. The van der Waals surface area contributed by atoms with Crippen LogP contribution in [0.3, 0.4) is 0 Å². The Bertz CT molecular complexity index is 636. The summed E-state index contributed by atoms with van der Waals surface area (Å²) < 4.78 is 20.5. The van der Waals surface area contributed by atoms with E-state index >= 15 is 0 Å². The average molecular weight is 450 g/mol. The van der Waals surface area contributed by atoms with Crippen LogP contribution in [-0.2, 0) is 4.79 Å². The third-order valence-electron chi connectivity index (χ3n) is 2.40. The van der Waals surface area contributed by atoms with Crippen LogP contribution in [0.2, 0.25) is 0 Å². The van der Waals surface area contributed by atoms with Crippen molar-refractivity contribution in [1.82, 2.24) is 0 Å². The van der Waals surface area contributed by atoms with Crippen LogP contribution in [0.5, 0.6) is 5.75 Å². The Morgan fingerprint density at radius 1 is 1.30 bits per heavy atom. The topological polar surface area (TPSA) is 38.3 Å². The van der Waals surface area contributed by atoms with Crippen LogP contribution in [0.25, 0.3) is 0 Å². The fourth-order valence-corrected chi connectivity index (χ4v) is 2.36. The summed E-state index contributed by atoms with van der Waals surface area (Å²) in [4.78, 5) is 11.7. The molecule has 2 aromatic rings. The molecule has 6 heteroatoms. The first-order chi connectivity index (χ1) is 9.56. The molecule has 0 radical (unpaired) electrons. The molecule has 0 saturated carbocycles. The molecular weight excluding hydrogens is 440 g/mol. The number of rotatable bonds is 4. The van der Waals surface area contributed by atoms with E-state index in [1.807, 2.05) is 18.2 Å². The summed E-state index contributed by atoms with van der Waals surface area (Å²) in [6.07, 6.45) is 0. The van der Waals surface area contributed by atoms with Gasteiger partial charge in [0.15, 0.2) is 6.61 Å². The van der Waals surface area contributed by atoms with Crippen LogP contribution in [0, 0.1) is 9.39 Å². The Morgan fingerprint density at radius 2 is 2.05 bits per heavy atom. The summed E-state index contributed by atoms with van der Waals surface area (Å²) in [5.74, 6) is -0.285. The minimum absolute atomic E-state index is 0.129. The second kappa shape index (κ2) is 7.03. The van der Waals surface area contributed by atoms with Crippen LogP contribution in [0.1, 0.15) is 0 Å². The number of benzene rings is 2. The molecule has 0 aliphatic rings. The fourth-order valence-electron chi connectivity index (χ4n) is 1.48. The van der Waals surface area contributed by atoms with Crippen LogP contribution in [0.4, 0.5) is 10.1 Å². The molecule has 0 fully saturated rings. The number of anilines is 1. The summed E-state index contributed by atoms with van der Waals surface area (Å²) in [6.45, 7) is -0.171. The zero-order valence-electron chi connectivity index (χ0n) is 10.2. The SMILES string of the molecule is O=C(COc1ccccc1I)Nc1ccc(Br)cc1F. The summed E-state index contributed by atoms with van der Waals surface area (Å²) in [5, 5.41) is 2.46. The van der Waals surface area contributed by atoms with Gasteiger partial charge in [0, 0.05) is 4.47 Å². The maximum Gasteiger partial charge on any atom is 0.262 e. The van der Waals surface area contributed by atoms with Crippen molar-refractivity contribution in [1.29, 1.82) is 0 Å². The molecule has 2 aromatic carbocycles. The predicted molar refractivity (Wildman–Crippen MR) is 87.4 cm³/mol.